The zero-order valence-electron chi connectivity index (χ0n) is 7.32. The summed E-state index contributed by atoms with van der Waals surface area (Å²) in [6.45, 7) is 10.5. The second kappa shape index (κ2) is 5.30. The molecule has 0 aliphatic heterocycles. The zero-order valence-corrected chi connectivity index (χ0v) is 8.90. The molecule has 0 rings (SSSR count). The molecule has 0 saturated heterocycles. The highest BCUT2D eigenvalue weighted by Gasteiger charge is 1.89. The van der Waals surface area contributed by atoms with Gasteiger partial charge in [0.1, 0.15) is 4.62 Å². The first kappa shape index (κ1) is 10.6. The Kier molecular flexibility index (Phi) is 5.12. The lowest BCUT2D eigenvalue weighted by Gasteiger charge is -1.93. The summed E-state index contributed by atoms with van der Waals surface area (Å²) >= 11 is 3.31. The Morgan fingerprint density at radius 3 is 2.36 bits per heavy atom. The maximum atomic E-state index is 4.22. The number of hydrogen-bond donors (Lipinski definition) is 0. The van der Waals surface area contributed by atoms with Crippen molar-refractivity contribution in [2.45, 2.75) is 20.8 Å². The maximum absolute atomic E-state index is 4.22. The molecule has 11 heavy (non-hydrogen) atoms. The topological polar surface area (TPSA) is 12.4 Å². The minimum Gasteiger partial charge on any atom is -0.273 e. The molecule has 0 spiro atoms. The van der Waals surface area contributed by atoms with E-state index in [1.54, 1.807) is 0 Å². The molecule has 1 nitrogen and oxygen atoms in total. The van der Waals surface area contributed by atoms with Crippen LogP contribution < -0.4 is 0 Å². The molecule has 0 N–H and O–H groups in total. The highest BCUT2D eigenvalue weighted by Crippen LogP contribution is 2.01. The molecule has 0 aromatic carbocycles. The Morgan fingerprint density at radius 2 is 2.00 bits per heavy atom. The smallest absolute Gasteiger partial charge is 0.103 e. The Balaban J connectivity index is 3.94. The highest BCUT2D eigenvalue weighted by molar-refractivity contribution is 9.18. The standard InChI is InChI=1S/C9H14BrN/c1-7(2)5-6-11-9(10)8(3)4/h5H,3,6H2,1-2,4H3/b11-9+. The van der Waals surface area contributed by atoms with Gasteiger partial charge in [0.2, 0.25) is 0 Å². The number of aliphatic imine (C=N–C) groups is 1. The Bertz CT molecular complexity index is 198. The second-order valence-corrected chi connectivity index (χ2v) is 3.44. The van der Waals surface area contributed by atoms with Crippen LogP contribution in [0.4, 0.5) is 0 Å². The van der Waals surface area contributed by atoms with Gasteiger partial charge in [-0.1, -0.05) is 18.2 Å². The van der Waals surface area contributed by atoms with Crippen LogP contribution >= 0.6 is 15.9 Å². The van der Waals surface area contributed by atoms with Crippen molar-refractivity contribution in [1.82, 2.24) is 0 Å². The van der Waals surface area contributed by atoms with Crippen molar-refractivity contribution >= 4 is 20.6 Å². The largest absolute Gasteiger partial charge is 0.273 e. The molecule has 0 amide bonds. The fourth-order valence-corrected chi connectivity index (χ4v) is 0.588. The van der Waals surface area contributed by atoms with Gasteiger partial charge in [-0.25, -0.2) is 0 Å². The van der Waals surface area contributed by atoms with Gasteiger partial charge in [0.25, 0.3) is 0 Å². The first-order chi connectivity index (χ1) is 5.04. The molecule has 0 atom stereocenters. The Morgan fingerprint density at radius 1 is 1.45 bits per heavy atom. The van der Waals surface area contributed by atoms with Crippen LogP contribution in [0.25, 0.3) is 0 Å². The SMILES string of the molecule is C=C(C)/C(Br)=N\CC=C(C)C. The normalized spacial score (nSPS) is 11.1. The van der Waals surface area contributed by atoms with Crippen LogP contribution in [-0.2, 0) is 0 Å². The molecule has 0 unspecified atom stereocenters. The van der Waals surface area contributed by atoms with Gasteiger partial charge in [-0.3, -0.25) is 4.99 Å². The summed E-state index contributed by atoms with van der Waals surface area (Å²) in [6.07, 6.45) is 2.07. The quantitative estimate of drug-likeness (QED) is 0.506. The van der Waals surface area contributed by atoms with E-state index in [2.05, 4.69) is 47.4 Å². The Hall–Kier alpha value is -0.370. The number of hydrogen-bond acceptors (Lipinski definition) is 1. The maximum Gasteiger partial charge on any atom is 0.103 e. The molecule has 0 fully saturated rings. The molecule has 0 aliphatic rings. The van der Waals surface area contributed by atoms with Crippen LogP contribution in [0.15, 0.2) is 28.8 Å². The third kappa shape index (κ3) is 6.05. The van der Waals surface area contributed by atoms with Crippen LogP contribution in [0, 0.1) is 0 Å². The number of halogens is 1. The van der Waals surface area contributed by atoms with E-state index in [-0.39, 0.29) is 0 Å². The van der Waals surface area contributed by atoms with E-state index in [9.17, 15) is 0 Å². The van der Waals surface area contributed by atoms with E-state index >= 15 is 0 Å². The summed E-state index contributed by atoms with van der Waals surface area (Å²) in [6, 6.07) is 0. The third-order valence-corrected chi connectivity index (χ3v) is 2.01. The summed E-state index contributed by atoms with van der Waals surface area (Å²) in [5.74, 6) is 0. The Labute approximate surface area is 77.0 Å². The van der Waals surface area contributed by atoms with E-state index in [0.717, 1.165) is 16.7 Å². The molecular weight excluding hydrogens is 202 g/mol. The van der Waals surface area contributed by atoms with Gasteiger partial charge in [0.05, 0.1) is 6.54 Å². The van der Waals surface area contributed by atoms with E-state index in [1.165, 1.54) is 5.57 Å². The molecule has 0 aliphatic carbocycles. The van der Waals surface area contributed by atoms with Crippen molar-refractivity contribution in [3.63, 3.8) is 0 Å². The van der Waals surface area contributed by atoms with Crippen LogP contribution in [0.2, 0.25) is 0 Å². The van der Waals surface area contributed by atoms with Gasteiger partial charge in [-0.05, 0) is 42.3 Å². The molecule has 0 aromatic heterocycles. The summed E-state index contributed by atoms with van der Waals surface area (Å²) in [5, 5.41) is 0. The third-order valence-electron chi connectivity index (χ3n) is 1.08. The van der Waals surface area contributed by atoms with E-state index in [0.29, 0.717) is 0 Å². The molecule has 0 aromatic rings. The van der Waals surface area contributed by atoms with Gasteiger partial charge in [0, 0.05) is 0 Å². The molecular formula is C9H14BrN. The van der Waals surface area contributed by atoms with Gasteiger partial charge in [0.15, 0.2) is 0 Å². The fraction of sp³-hybridized carbons (Fsp3) is 0.444. The lowest BCUT2D eigenvalue weighted by Crippen LogP contribution is -1.88. The summed E-state index contributed by atoms with van der Waals surface area (Å²) < 4.78 is 0.856. The first-order valence-corrected chi connectivity index (χ1v) is 4.32. The van der Waals surface area contributed by atoms with Gasteiger partial charge >= 0.3 is 0 Å². The van der Waals surface area contributed by atoms with E-state index in [4.69, 9.17) is 0 Å². The van der Waals surface area contributed by atoms with Crippen molar-refractivity contribution in [2.75, 3.05) is 6.54 Å². The fourth-order valence-electron chi connectivity index (χ4n) is 0.443. The first-order valence-electron chi connectivity index (χ1n) is 3.53. The molecule has 62 valence electrons. The molecule has 0 radical (unpaired) electrons. The molecule has 0 heterocycles. The van der Waals surface area contributed by atoms with Crippen LogP contribution in [-0.4, -0.2) is 11.2 Å². The minimum atomic E-state index is 0.732. The monoisotopic (exact) mass is 215 g/mol. The number of rotatable bonds is 3. The summed E-state index contributed by atoms with van der Waals surface area (Å²) in [4.78, 5) is 4.22. The van der Waals surface area contributed by atoms with Crippen molar-refractivity contribution in [2.24, 2.45) is 4.99 Å². The number of allylic oxidation sites excluding steroid dienone is 2. The van der Waals surface area contributed by atoms with Crippen molar-refractivity contribution in [1.29, 1.82) is 0 Å². The average Bonchev–Trinajstić information content (AvgIpc) is 1.86. The van der Waals surface area contributed by atoms with Crippen LogP contribution in [0.5, 0.6) is 0 Å². The average molecular weight is 216 g/mol. The van der Waals surface area contributed by atoms with Crippen molar-refractivity contribution in [3.8, 4) is 0 Å². The highest BCUT2D eigenvalue weighted by atomic mass is 79.9. The van der Waals surface area contributed by atoms with Gasteiger partial charge in [-0.2, -0.15) is 0 Å². The van der Waals surface area contributed by atoms with Crippen molar-refractivity contribution < 1.29 is 0 Å². The lowest BCUT2D eigenvalue weighted by molar-refractivity contribution is 1.20. The van der Waals surface area contributed by atoms with Crippen molar-refractivity contribution in [3.05, 3.63) is 23.8 Å². The van der Waals surface area contributed by atoms with Crippen LogP contribution in [0.3, 0.4) is 0 Å². The molecule has 0 saturated carbocycles. The predicted octanol–water partition coefficient (Wildman–Crippen LogP) is 3.32. The predicted molar refractivity (Wildman–Crippen MR) is 55.5 cm³/mol. The van der Waals surface area contributed by atoms with E-state index < -0.39 is 0 Å². The lowest BCUT2D eigenvalue weighted by atomic mass is 10.3. The number of nitrogens with zero attached hydrogens (tertiary/aromatic N) is 1. The molecule has 2 heteroatoms. The molecule has 0 bridgehead atoms. The summed E-state index contributed by atoms with van der Waals surface area (Å²) in [5.41, 5.74) is 2.25. The zero-order chi connectivity index (χ0) is 8.85. The second-order valence-electron chi connectivity index (χ2n) is 2.69. The van der Waals surface area contributed by atoms with Crippen LogP contribution in [0.1, 0.15) is 20.8 Å². The minimum absolute atomic E-state index is 0.732. The van der Waals surface area contributed by atoms with Gasteiger partial charge < -0.3 is 0 Å². The van der Waals surface area contributed by atoms with E-state index in [1.807, 2.05) is 6.92 Å². The van der Waals surface area contributed by atoms with Gasteiger partial charge in [-0.15, -0.1) is 0 Å². The summed E-state index contributed by atoms with van der Waals surface area (Å²) in [7, 11) is 0.